The van der Waals surface area contributed by atoms with Crippen LogP contribution in [0.15, 0.2) is 72.1 Å². The lowest BCUT2D eigenvalue weighted by Crippen LogP contribution is -2.13. The Morgan fingerprint density at radius 1 is 0.810 bits per heavy atom. The number of rotatable bonds is 4. The molecule has 0 aliphatic carbocycles. The van der Waals surface area contributed by atoms with E-state index in [4.69, 9.17) is 11.6 Å². The van der Waals surface area contributed by atoms with Crippen LogP contribution in [0.5, 0.6) is 0 Å². The molecule has 3 heteroatoms. The Morgan fingerprint density at radius 2 is 1.48 bits per heavy atom. The van der Waals surface area contributed by atoms with E-state index in [1.807, 2.05) is 6.07 Å². The van der Waals surface area contributed by atoms with E-state index < -0.39 is 0 Å². The number of halogens is 1. The van der Waals surface area contributed by atoms with E-state index in [1.54, 1.807) is 11.3 Å². The van der Waals surface area contributed by atoms with Gasteiger partial charge in [-0.3, -0.25) is 0 Å². The molecule has 21 heavy (non-hydrogen) atoms. The molecule has 0 aliphatic heterocycles. The Balaban J connectivity index is 1.93. The third kappa shape index (κ3) is 3.29. The van der Waals surface area contributed by atoms with Gasteiger partial charge in [-0.25, -0.2) is 0 Å². The first-order chi connectivity index (χ1) is 10.3. The summed E-state index contributed by atoms with van der Waals surface area (Å²) in [6.45, 7) is 0. The maximum atomic E-state index is 6.49. The average molecular weight is 329 g/mol. The normalized spacial score (nSPS) is 14.0. The summed E-state index contributed by atoms with van der Waals surface area (Å²) in [4.78, 5) is 1.36. The summed E-state index contributed by atoms with van der Waals surface area (Å²) in [5.41, 5.74) is 3.82. The van der Waals surface area contributed by atoms with Gasteiger partial charge in [-0.1, -0.05) is 60.7 Å². The van der Waals surface area contributed by atoms with Crippen molar-refractivity contribution in [3.63, 3.8) is 0 Å². The first-order valence-electron chi connectivity index (χ1n) is 7.08. The zero-order valence-electron chi connectivity index (χ0n) is 11.9. The van der Waals surface area contributed by atoms with Gasteiger partial charge in [-0.2, -0.15) is 0 Å². The largest absolute Gasteiger partial charge is 0.148 e. The summed E-state index contributed by atoms with van der Waals surface area (Å²) in [6, 6.07) is 23.6. The minimum Gasteiger partial charge on any atom is -0.148 e. The molecule has 0 aliphatic rings. The van der Waals surface area contributed by atoms with E-state index in [2.05, 4.69) is 66.0 Å². The van der Waals surface area contributed by atoms with Gasteiger partial charge in [-0.15, -0.1) is 22.9 Å². The molecular formula is C18H17ClSSi. The highest BCUT2D eigenvalue weighted by Crippen LogP contribution is 2.33. The van der Waals surface area contributed by atoms with Crippen LogP contribution in [0.3, 0.4) is 0 Å². The summed E-state index contributed by atoms with van der Waals surface area (Å²) in [6.07, 6.45) is 0. The standard InChI is InChI=1S/C18H17ClSSi/c19-18(21)17(16-7-4-12-20-16)15-10-8-14(9-11-15)13-5-2-1-3-6-13/h1-12,17-18H,21H3. The zero-order chi connectivity index (χ0) is 14.7. The number of hydrogen-bond donors (Lipinski definition) is 0. The smallest absolute Gasteiger partial charge is 0.0311 e. The van der Waals surface area contributed by atoms with Crippen molar-refractivity contribution in [2.24, 2.45) is 0 Å². The van der Waals surface area contributed by atoms with Crippen molar-refractivity contribution in [2.45, 2.75) is 10.9 Å². The lowest BCUT2D eigenvalue weighted by molar-refractivity contribution is 0.909. The molecule has 1 heterocycles. The quantitative estimate of drug-likeness (QED) is 0.489. The van der Waals surface area contributed by atoms with Gasteiger partial charge in [0.25, 0.3) is 0 Å². The molecule has 0 saturated heterocycles. The molecule has 1 aromatic heterocycles. The molecule has 106 valence electrons. The van der Waals surface area contributed by atoms with Crippen LogP contribution in [0.1, 0.15) is 16.4 Å². The molecule has 0 spiro atoms. The van der Waals surface area contributed by atoms with Crippen LogP contribution in [-0.4, -0.2) is 15.2 Å². The summed E-state index contributed by atoms with van der Waals surface area (Å²) < 4.78 is 0. The Hall–Kier alpha value is -1.35. The van der Waals surface area contributed by atoms with Gasteiger partial charge < -0.3 is 0 Å². The molecule has 2 aromatic carbocycles. The van der Waals surface area contributed by atoms with Crippen LogP contribution in [0.2, 0.25) is 0 Å². The highest BCUT2D eigenvalue weighted by Gasteiger charge is 2.20. The maximum absolute atomic E-state index is 6.49. The van der Waals surface area contributed by atoms with E-state index in [9.17, 15) is 0 Å². The van der Waals surface area contributed by atoms with Crippen molar-refractivity contribution >= 4 is 33.2 Å². The molecule has 0 bridgehead atoms. The fourth-order valence-electron chi connectivity index (χ4n) is 2.64. The van der Waals surface area contributed by atoms with Crippen LogP contribution >= 0.6 is 22.9 Å². The molecule has 3 aromatic rings. The highest BCUT2D eigenvalue weighted by atomic mass is 35.5. The van der Waals surface area contributed by atoms with Crippen molar-refractivity contribution in [1.82, 2.24) is 0 Å². The molecule has 0 N–H and O–H groups in total. The van der Waals surface area contributed by atoms with E-state index in [0.717, 1.165) is 10.2 Å². The maximum Gasteiger partial charge on any atom is 0.0311 e. The minimum atomic E-state index is 0.214. The van der Waals surface area contributed by atoms with Crippen molar-refractivity contribution in [1.29, 1.82) is 0 Å². The molecule has 3 rings (SSSR count). The van der Waals surface area contributed by atoms with Crippen molar-refractivity contribution in [3.8, 4) is 11.1 Å². The van der Waals surface area contributed by atoms with Gasteiger partial charge in [0.05, 0.1) is 0 Å². The highest BCUT2D eigenvalue weighted by molar-refractivity contribution is 7.10. The summed E-state index contributed by atoms with van der Waals surface area (Å²) in [5, 5.41) is 2.34. The first kappa shape index (κ1) is 14.6. The van der Waals surface area contributed by atoms with Gasteiger partial charge in [-0.05, 0) is 28.1 Å². The van der Waals surface area contributed by atoms with E-state index in [1.165, 1.54) is 21.6 Å². The SMILES string of the molecule is [SiH3]C(Cl)C(c1ccc(-c2ccccc2)cc1)c1cccs1. The predicted octanol–water partition coefficient (Wildman–Crippen LogP) is 4.48. The van der Waals surface area contributed by atoms with Crippen LogP contribution in [0, 0.1) is 0 Å². The number of thiophene rings is 1. The van der Waals surface area contributed by atoms with Crippen molar-refractivity contribution in [3.05, 3.63) is 82.6 Å². The summed E-state index contributed by atoms with van der Waals surface area (Å²) in [5.74, 6) is 0.322. The van der Waals surface area contributed by atoms with Crippen LogP contribution in [0.25, 0.3) is 11.1 Å². The number of hydrogen-bond acceptors (Lipinski definition) is 1. The van der Waals surface area contributed by atoms with E-state index in [-0.39, 0.29) is 5.00 Å². The molecular weight excluding hydrogens is 312 g/mol. The lowest BCUT2D eigenvalue weighted by Gasteiger charge is -2.19. The number of alkyl halides is 1. The Bertz CT molecular complexity index is 675. The Kier molecular flexibility index (Phi) is 4.59. The molecule has 0 radical (unpaired) electrons. The second-order valence-corrected chi connectivity index (χ2v) is 8.80. The molecule has 0 amide bonds. The van der Waals surface area contributed by atoms with Gasteiger partial charge >= 0.3 is 0 Å². The molecule has 2 unspecified atom stereocenters. The van der Waals surface area contributed by atoms with Gasteiger partial charge in [0.15, 0.2) is 0 Å². The Labute approximate surface area is 137 Å². The third-order valence-electron chi connectivity index (χ3n) is 3.69. The number of benzene rings is 2. The molecule has 0 fully saturated rings. The van der Waals surface area contributed by atoms with E-state index in [0.29, 0.717) is 5.92 Å². The average Bonchev–Trinajstić information content (AvgIpc) is 3.03. The van der Waals surface area contributed by atoms with Gasteiger partial charge in [0, 0.05) is 26.0 Å². The Morgan fingerprint density at radius 3 is 2.05 bits per heavy atom. The lowest BCUT2D eigenvalue weighted by atomic mass is 9.96. The fraction of sp³-hybridized carbons (Fsp3) is 0.111. The topological polar surface area (TPSA) is 0 Å². The minimum absolute atomic E-state index is 0.214. The summed E-state index contributed by atoms with van der Waals surface area (Å²) in [7, 11) is 0.979. The zero-order valence-corrected chi connectivity index (χ0v) is 15.4. The second-order valence-electron chi connectivity index (χ2n) is 5.16. The fourth-order valence-corrected chi connectivity index (χ4v) is 4.94. The van der Waals surface area contributed by atoms with Crippen LogP contribution in [-0.2, 0) is 0 Å². The van der Waals surface area contributed by atoms with Gasteiger partial charge in [0.2, 0.25) is 0 Å². The predicted molar refractivity (Wildman–Crippen MR) is 97.6 cm³/mol. The van der Waals surface area contributed by atoms with Crippen molar-refractivity contribution < 1.29 is 0 Å². The molecule has 0 saturated carbocycles. The third-order valence-corrected chi connectivity index (χ3v) is 5.56. The molecule has 2 atom stereocenters. The second kappa shape index (κ2) is 6.61. The monoisotopic (exact) mass is 328 g/mol. The molecule has 0 nitrogen and oxygen atoms in total. The van der Waals surface area contributed by atoms with E-state index >= 15 is 0 Å². The van der Waals surface area contributed by atoms with Gasteiger partial charge in [0.1, 0.15) is 0 Å². The van der Waals surface area contributed by atoms with Crippen LogP contribution < -0.4 is 0 Å². The van der Waals surface area contributed by atoms with Crippen molar-refractivity contribution in [2.75, 3.05) is 0 Å². The summed E-state index contributed by atoms with van der Waals surface area (Å²) >= 11 is 8.29. The van der Waals surface area contributed by atoms with Crippen LogP contribution in [0.4, 0.5) is 0 Å². The first-order valence-corrected chi connectivity index (χ1v) is 9.55.